The number of hydrogen-bond donors (Lipinski definition) is 2. The monoisotopic (exact) mass is 285 g/mol. The van der Waals surface area contributed by atoms with Crippen LogP contribution in [0.15, 0.2) is 0 Å². The Morgan fingerprint density at radius 3 is 2.70 bits per heavy atom. The molecule has 1 saturated heterocycles. The number of carbonyl (C=O) groups excluding carboxylic acids is 1. The molecule has 0 aromatic carbocycles. The number of likely N-dealkylation sites (N-methyl/N-ethyl adjacent to an activating group) is 1. The van der Waals surface area contributed by atoms with Crippen LogP contribution in [0.4, 0.5) is 4.79 Å². The van der Waals surface area contributed by atoms with Crippen molar-refractivity contribution in [3.05, 3.63) is 0 Å². The lowest BCUT2D eigenvalue weighted by atomic mass is 10.1. The Balaban J connectivity index is 2.45. The number of carbonyl (C=O) groups is 2. The maximum atomic E-state index is 12.2. The molecule has 1 rings (SSSR count). The molecule has 6 heteroatoms. The molecule has 2 amide bonds. The van der Waals surface area contributed by atoms with Crippen LogP contribution >= 0.6 is 0 Å². The van der Waals surface area contributed by atoms with Crippen molar-refractivity contribution in [1.29, 1.82) is 0 Å². The van der Waals surface area contributed by atoms with Crippen LogP contribution in [0.5, 0.6) is 0 Å². The lowest BCUT2D eigenvalue weighted by Gasteiger charge is -2.30. The molecule has 2 N–H and O–H groups in total. The summed E-state index contributed by atoms with van der Waals surface area (Å²) in [6.07, 6.45) is 2.38. The summed E-state index contributed by atoms with van der Waals surface area (Å²) in [5, 5.41) is 11.7. The van der Waals surface area contributed by atoms with Crippen molar-refractivity contribution in [3.8, 4) is 0 Å². The smallest absolute Gasteiger partial charge is 0.317 e. The number of aliphatic carboxylic acids is 1. The average molecular weight is 285 g/mol. The molecule has 1 fully saturated rings. The molecule has 1 aliphatic heterocycles. The summed E-state index contributed by atoms with van der Waals surface area (Å²) in [4.78, 5) is 27.1. The predicted molar refractivity (Wildman–Crippen MR) is 77.7 cm³/mol. The Morgan fingerprint density at radius 2 is 2.10 bits per heavy atom. The van der Waals surface area contributed by atoms with Crippen LogP contribution in [0.3, 0.4) is 0 Å². The van der Waals surface area contributed by atoms with Crippen molar-refractivity contribution < 1.29 is 14.7 Å². The molecule has 116 valence electrons. The molecule has 0 spiro atoms. The first-order chi connectivity index (χ1) is 9.45. The van der Waals surface area contributed by atoms with Gasteiger partial charge in [0.05, 0.1) is 5.92 Å². The highest BCUT2D eigenvalue weighted by molar-refractivity contribution is 5.74. The SMILES string of the molecule is CCC1CN(C)CCCN1C(=O)NCCC(C)C(=O)O. The Morgan fingerprint density at radius 1 is 1.40 bits per heavy atom. The largest absolute Gasteiger partial charge is 0.481 e. The number of amides is 2. The van der Waals surface area contributed by atoms with E-state index in [1.807, 2.05) is 4.90 Å². The standard InChI is InChI=1S/C14H27N3O3/c1-4-12-10-16(3)8-5-9-17(12)14(20)15-7-6-11(2)13(18)19/h11-12H,4-10H2,1-3H3,(H,15,20)(H,18,19). The molecular weight excluding hydrogens is 258 g/mol. The van der Waals surface area contributed by atoms with Gasteiger partial charge < -0.3 is 20.2 Å². The van der Waals surface area contributed by atoms with E-state index in [4.69, 9.17) is 5.11 Å². The molecular formula is C14H27N3O3. The fourth-order valence-corrected chi connectivity index (χ4v) is 2.48. The highest BCUT2D eigenvalue weighted by atomic mass is 16.4. The number of carboxylic acid groups (broad SMARTS) is 1. The topological polar surface area (TPSA) is 72.9 Å². The lowest BCUT2D eigenvalue weighted by Crippen LogP contribution is -2.48. The Bertz CT molecular complexity index is 336. The molecule has 0 aliphatic carbocycles. The summed E-state index contributed by atoms with van der Waals surface area (Å²) in [7, 11) is 2.08. The van der Waals surface area contributed by atoms with Gasteiger partial charge in [0.2, 0.25) is 0 Å². The van der Waals surface area contributed by atoms with Crippen molar-refractivity contribution in [2.24, 2.45) is 5.92 Å². The fraction of sp³-hybridized carbons (Fsp3) is 0.857. The van der Waals surface area contributed by atoms with E-state index in [9.17, 15) is 9.59 Å². The van der Waals surface area contributed by atoms with Crippen LogP contribution in [-0.4, -0.2) is 66.2 Å². The summed E-state index contributed by atoms with van der Waals surface area (Å²) >= 11 is 0. The molecule has 1 heterocycles. The van der Waals surface area contributed by atoms with E-state index < -0.39 is 11.9 Å². The van der Waals surface area contributed by atoms with Crippen molar-refractivity contribution in [2.45, 2.75) is 39.2 Å². The van der Waals surface area contributed by atoms with Crippen LogP contribution < -0.4 is 5.32 Å². The number of nitrogens with one attached hydrogen (secondary N) is 1. The number of urea groups is 1. The summed E-state index contributed by atoms with van der Waals surface area (Å²) in [5.74, 6) is -1.24. The molecule has 20 heavy (non-hydrogen) atoms. The van der Waals surface area contributed by atoms with Crippen molar-refractivity contribution in [3.63, 3.8) is 0 Å². The zero-order chi connectivity index (χ0) is 15.1. The first-order valence-corrected chi connectivity index (χ1v) is 7.41. The van der Waals surface area contributed by atoms with Gasteiger partial charge in [-0.15, -0.1) is 0 Å². The highest BCUT2D eigenvalue weighted by Crippen LogP contribution is 2.12. The van der Waals surface area contributed by atoms with Crippen LogP contribution in [-0.2, 0) is 4.79 Å². The second kappa shape index (κ2) is 8.09. The van der Waals surface area contributed by atoms with Gasteiger partial charge in [0, 0.05) is 25.7 Å². The molecule has 6 nitrogen and oxygen atoms in total. The van der Waals surface area contributed by atoms with E-state index in [0.717, 1.165) is 32.5 Å². The lowest BCUT2D eigenvalue weighted by molar-refractivity contribution is -0.141. The van der Waals surface area contributed by atoms with Crippen LogP contribution in [0.1, 0.15) is 33.1 Å². The molecule has 0 bridgehead atoms. The number of hydrogen-bond acceptors (Lipinski definition) is 3. The Kier molecular flexibility index (Phi) is 6.78. The zero-order valence-electron chi connectivity index (χ0n) is 12.8. The van der Waals surface area contributed by atoms with E-state index in [2.05, 4.69) is 24.2 Å². The number of carboxylic acids is 1. The van der Waals surface area contributed by atoms with E-state index in [0.29, 0.717) is 13.0 Å². The van der Waals surface area contributed by atoms with E-state index >= 15 is 0 Å². The second-order valence-electron chi connectivity index (χ2n) is 5.63. The molecule has 0 radical (unpaired) electrons. The third-order valence-electron chi connectivity index (χ3n) is 3.91. The van der Waals surface area contributed by atoms with Gasteiger partial charge in [0.25, 0.3) is 0 Å². The third kappa shape index (κ3) is 5.00. The van der Waals surface area contributed by atoms with E-state index in [1.165, 1.54) is 0 Å². The van der Waals surface area contributed by atoms with Gasteiger partial charge in [-0.3, -0.25) is 4.79 Å². The van der Waals surface area contributed by atoms with Crippen molar-refractivity contribution in [1.82, 2.24) is 15.1 Å². The summed E-state index contributed by atoms with van der Waals surface area (Å²) in [6.45, 7) is 6.84. The third-order valence-corrected chi connectivity index (χ3v) is 3.91. The van der Waals surface area contributed by atoms with Crippen LogP contribution in [0, 0.1) is 5.92 Å². The minimum absolute atomic E-state index is 0.0651. The molecule has 1 aliphatic rings. The summed E-state index contributed by atoms with van der Waals surface area (Å²) in [6, 6.07) is 0.170. The van der Waals surface area contributed by atoms with Crippen LogP contribution in [0.25, 0.3) is 0 Å². The molecule has 2 atom stereocenters. The van der Waals surface area contributed by atoms with Gasteiger partial charge in [-0.05, 0) is 32.9 Å². The second-order valence-corrected chi connectivity index (χ2v) is 5.63. The summed E-state index contributed by atoms with van der Waals surface area (Å²) in [5.41, 5.74) is 0. The van der Waals surface area contributed by atoms with Gasteiger partial charge in [0.15, 0.2) is 0 Å². The summed E-state index contributed by atoms with van der Waals surface area (Å²) < 4.78 is 0. The molecule has 0 aromatic heterocycles. The first kappa shape index (κ1) is 16.8. The molecule has 2 unspecified atom stereocenters. The number of nitrogens with zero attached hydrogens (tertiary/aromatic N) is 2. The van der Waals surface area contributed by atoms with Gasteiger partial charge >= 0.3 is 12.0 Å². The highest BCUT2D eigenvalue weighted by Gasteiger charge is 2.25. The normalized spacial score (nSPS) is 22.1. The maximum absolute atomic E-state index is 12.2. The fourth-order valence-electron chi connectivity index (χ4n) is 2.48. The minimum Gasteiger partial charge on any atom is -0.481 e. The quantitative estimate of drug-likeness (QED) is 0.796. The average Bonchev–Trinajstić information content (AvgIpc) is 2.59. The van der Waals surface area contributed by atoms with E-state index in [1.54, 1.807) is 6.92 Å². The van der Waals surface area contributed by atoms with Gasteiger partial charge in [-0.2, -0.15) is 0 Å². The van der Waals surface area contributed by atoms with Gasteiger partial charge in [-0.25, -0.2) is 4.79 Å². The van der Waals surface area contributed by atoms with E-state index in [-0.39, 0.29) is 12.1 Å². The van der Waals surface area contributed by atoms with Crippen molar-refractivity contribution in [2.75, 3.05) is 33.2 Å². The molecule has 0 saturated carbocycles. The maximum Gasteiger partial charge on any atom is 0.317 e. The van der Waals surface area contributed by atoms with Gasteiger partial charge in [-0.1, -0.05) is 13.8 Å². The predicted octanol–water partition coefficient (Wildman–Crippen LogP) is 1.22. The minimum atomic E-state index is -0.818. The van der Waals surface area contributed by atoms with Crippen LogP contribution in [0.2, 0.25) is 0 Å². The van der Waals surface area contributed by atoms with Crippen molar-refractivity contribution >= 4 is 12.0 Å². The Hall–Kier alpha value is -1.30. The number of rotatable bonds is 5. The first-order valence-electron chi connectivity index (χ1n) is 7.41. The van der Waals surface area contributed by atoms with Gasteiger partial charge in [0.1, 0.15) is 0 Å². The zero-order valence-corrected chi connectivity index (χ0v) is 12.8. The Labute approximate surface area is 121 Å². The molecule has 0 aromatic rings.